The topological polar surface area (TPSA) is 116 Å². The van der Waals surface area contributed by atoms with Gasteiger partial charge in [-0.05, 0) is 107 Å². The molecule has 0 N–H and O–H groups in total. The lowest BCUT2D eigenvalue weighted by molar-refractivity contribution is -0.282. The summed E-state index contributed by atoms with van der Waals surface area (Å²) in [6.07, 6.45) is 7.36. The highest BCUT2D eigenvalue weighted by Crippen LogP contribution is 2.28. The number of hydrogen-bond acceptors (Lipinski definition) is 10. The minimum atomic E-state index is -0.472. The van der Waals surface area contributed by atoms with Gasteiger partial charge in [0.15, 0.2) is 17.3 Å². The van der Waals surface area contributed by atoms with E-state index in [1.807, 2.05) is 71.0 Å². The Labute approximate surface area is 297 Å². The molecule has 0 saturated heterocycles. The number of aldehydes is 1. The molecule has 0 fully saturated rings. The molecular formula is C40H54O10. The van der Waals surface area contributed by atoms with Gasteiger partial charge in [0.1, 0.15) is 23.6 Å². The third-order valence-corrected chi connectivity index (χ3v) is 6.20. The number of aryl methyl sites for hydroxylation is 2. The molecule has 0 bridgehead atoms. The second kappa shape index (κ2) is 27.1. The molecular weight excluding hydrogens is 640 g/mol. The van der Waals surface area contributed by atoms with E-state index >= 15 is 0 Å². The fraction of sp³-hybridized carbons (Fsp3) is 0.375. The highest BCUT2D eigenvalue weighted by Gasteiger charge is 2.05. The Hall–Kier alpha value is -4.77. The lowest BCUT2D eigenvalue weighted by atomic mass is 10.1. The lowest BCUT2D eigenvalue weighted by Gasteiger charge is -2.15. The molecule has 3 rings (SSSR count). The van der Waals surface area contributed by atoms with E-state index in [0.29, 0.717) is 36.9 Å². The highest BCUT2D eigenvalue weighted by atomic mass is 16.8. The normalized spacial score (nSPS) is 10.2. The van der Waals surface area contributed by atoms with Crippen LogP contribution in [0.5, 0.6) is 23.0 Å². The van der Waals surface area contributed by atoms with E-state index in [4.69, 9.17) is 33.2 Å². The maximum Gasteiger partial charge on any atom is 0.271 e. The van der Waals surface area contributed by atoms with E-state index in [2.05, 4.69) is 0 Å². The van der Waals surface area contributed by atoms with Crippen LogP contribution in [0.4, 0.5) is 0 Å². The molecule has 0 amide bonds. The number of carbonyl (C=O) groups excluding carboxylic acids is 3. The molecule has 10 nitrogen and oxygen atoms in total. The number of benzene rings is 3. The third kappa shape index (κ3) is 19.3. The molecule has 0 aliphatic carbocycles. The van der Waals surface area contributed by atoms with E-state index < -0.39 is 6.48 Å². The van der Waals surface area contributed by atoms with Gasteiger partial charge in [-0.2, -0.15) is 0 Å². The second-order valence-electron chi connectivity index (χ2n) is 10.3. The smallest absolute Gasteiger partial charge is 0.271 e. The van der Waals surface area contributed by atoms with Crippen molar-refractivity contribution in [1.82, 2.24) is 0 Å². The molecule has 0 radical (unpaired) electrons. The van der Waals surface area contributed by atoms with Crippen molar-refractivity contribution in [2.75, 3.05) is 48.3 Å². The Kier molecular flexibility index (Phi) is 24.5. The molecule has 274 valence electrons. The summed E-state index contributed by atoms with van der Waals surface area (Å²) < 4.78 is 36.0. The van der Waals surface area contributed by atoms with Crippen molar-refractivity contribution in [1.29, 1.82) is 0 Å². The highest BCUT2D eigenvalue weighted by molar-refractivity contribution is 6.04. The minimum Gasteiger partial charge on any atom is -0.496 e. The Balaban J connectivity index is 0.000000790. The summed E-state index contributed by atoms with van der Waals surface area (Å²) in [5.41, 5.74) is 4.51. The lowest BCUT2D eigenvalue weighted by Crippen LogP contribution is -2.20. The Morgan fingerprint density at radius 3 is 1.32 bits per heavy atom. The van der Waals surface area contributed by atoms with Crippen LogP contribution in [0, 0.1) is 13.8 Å². The van der Waals surface area contributed by atoms with Gasteiger partial charge in [0, 0.05) is 25.4 Å². The summed E-state index contributed by atoms with van der Waals surface area (Å²) in [4.78, 5) is 31.8. The molecule has 3 aromatic rings. The molecule has 0 aliphatic heterocycles. The predicted molar refractivity (Wildman–Crippen MR) is 198 cm³/mol. The van der Waals surface area contributed by atoms with Gasteiger partial charge in [-0.25, -0.2) is 0 Å². The van der Waals surface area contributed by atoms with Crippen molar-refractivity contribution in [3.63, 3.8) is 0 Å². The standard InChI is InChI=1S/C21H22O4.C9H10O2.C7H16O3.C3H6O/c1-15-5-6-16(13-20(15)24-3)7-10-18(22)11-8-17-9-12-19(23-2)21(14-17)25-4;1-7-3-4-8(6-10)5-9(7)11-2;1-4-8-7(9-5-2)10-6-3;1-3(2)4/h5-14H,1-4H3;3-6H,1-2H3;7H,4-6H2,1-3H3;1-2H3. The van der Waals surface area contributed by atoms with Gasteiger partial charge in [-0.3, -0.25) is 9.59 Å². The fourth-order valence-electron chi connectivity index (χ4n) is 3.77. The number of allylic oxidation sites excluding steroid dienone is 2. The summed E-state index contributed by atoms with van der Waals surface area (Å²) in [5, 5.41) is 0. The summed E-state index contributed by atoms with van der Waals surface area (Å²) in [5.74, 6) is 2.90. The third-order valence-electron chi connectivity index (χ3n) is 6.20. The molecule has 0 heterocycles. The summed E-state index contributed by atoms with van der Waals surface area (Å²) in [7, 11) is 6.39. The van der Waals surface area contributed by atoms with Crippen LogP contribution in [-0.2, 0) is 23.8 Å². The minimum absolute atomic E-state index is 0.102. The van der Waals surface area contributed by atoms with E-state index in [1.165, 1.54) is 26.0 Å². The zero-order chi connectivity index (χ0) is 37.9. The number of methoxy groups -OCH3 is 4. The zero-order valence-electron chi connectivity index (χ0n) is 31.4. The van der Waals surface area contributed by atoms with Crippen LogP contribution in [0.15, 0.2) is 66.7 Å². The average Bonchev–Trinajstić information content (AvgIpc) is 3.11. The van der Waals surface area contributed by atoms with Gasteiger partial charge in [0.05, 0.1) is 28.4 Å². The first-order chi connectivity index (χ1) is 23.9. The number of hydrogen-bond donors (Lipinski definition) is 0. The molecule has 0 spiro atoms. The van der Waals surface area contributed by atoms with E-state index in [0.717, 1.165) is 40.0 Å². The van der Waals surface area contributed by atoms with Crippen LogP contribution >= 0.6 is 0 Å². The van der Waals surface area contributed by atoms with E-state index in [-0.39, 0.29) is 11.6 Å². The maximum atomic E-state index is 12.0. The van der Waals surface area contributed by atoms with Crippen molar-refractivity contribution in [2.24, 2.45) is 0 Å². The molecule has 0 unspecified atom stereocenters. The molecule has 0 atom stereocenters. The summed E-state index contributed by atoms with van der Waals surface area (Å²) in [6, 6.07) is 16.6. The Bertz CT molecular complexity index is 1480. The number of carbonyl (C=O) groups is 3. The van der Waals surface area contributed by atoms with Gasteiger partial charge in [0.2, 0.25) is 0 Å². The number of ketones is 2. The Morgan fingerprint density at radius 2 is 0.940 bits per heavy atom. The van der Waals surface area contributed by atoms with Crippen LogP contribution in [0.1, 0.15) is 67.2 Å². The summed E-state index contributed by atoms with van der Waals surface area (Å²) >= 11 is 0. The second-order valence-corrected chi connectivity index (χ2v) is 10.3. The van der Waals surface area contributed by atoms with Crippen molar-refractivity contribution in [2.45, 2.75) is 54.9 Å². The van der Waals surface area contributed by atoms with E-state index in [1.54, 1.807) is 58.8 Å². The molecule has 0 aromatic heterocycles. The molecule has 0 saturated carbocycles. The van der Waals surface area contributed by atoms with Crippen molar-refractivity contribution < 1.29 is 47.5 Å². The van der Waals surface area contributed by atoms with Gasteiger partial charge in [-0.15, -0.1) is 0 Å². The SMILES string of the molecule is CC(C)=O.CCOC(OCC)OCC.COc1cc(C=CC(=O)C=Cc2ccc(OC)c(OC)c2)ccc1C.COc1cc(C=O)ccc1C. The van der Waals surface area contributed by atoms with Gasteiger partial charge in [-0.1, -0.05) is 42.5 Å². The van der Waals surface area contributed by atoms with E-state index in [9.17, 15) is 14.4 Å². The van der Waals surface area contributed by atoms with Crippen molar-refractivity contribution in [3.05, 3.63) is 94.6 Å². The first-order valence-corrected chi connectivity index (χ1v) is 16.1. The van der Waals surface area contributed by atoms with Crippen molar-refractivity contribution >= 4 is 30.0 Å². The number of ether oxygens (including phenoxy) is 7. The van der Waals surface area contributed by atoms with Crippen LogP contribution in [-0.4, -0.2) is 72.6 Å². The monoisotopic (exact) mass is 694 g/mol. The predicted octanol–water partition coefficient (Wildman–Crippen LogP) is 8.11. The van der Waals surface area contributed by atoms with Crippen LogP contribution in [0.25, 0.3) is 12.2 Å². The van der Waals surface area contributed by atoms with Crippen molar-refractivity contribution in [3.8, 4) is 23.0 Å². The first-order valence-electron chi connectivity index (χ1n) is 16.1. The quantitative estimate of drug-likeness (QED) is 0.0878. The first kappa shape index (κ1) is 45.2. The Morgan fingerprint density at radius 1 is 0.580 bits per heavy atom. The fourth-order valence-corrected chi connectivity index (χ4v) is 3.77. The largest absolute Gasteiger partial charge is 0.496 e. The molecule has 3 aromatic carbocycles. The van der Waals surface area contributed by atoms with Gasteiger partial charge < -0.3 is 38.0 Å². The summed E-state index contributed by atoms with van der Waals surface area (Å²) in [6.45, 7) is 14.1. The van der Waals surface area contributed by atoms with Crippen LogP contribution < -0.4 is 18.9 Å². The van der Waals surface area contributed by atoms with Gasteiger partial charge >= 0.3 is 0 Å². The molecule has 0 aliphatic rings. The van der Waals surface area contributed by atoms with Crippen LogP contribution in [0.2, 0.25) is 0 Å². The van der Waals surface area contributed by atoms with Gasteiger partial charge in [0.25, 0.3) is 6.48 Å². The maximum absolute atomic E-state index is 12.0. The average molecular weight is 695 g/mol. The number of Topliss-reactive ketones (excluding diaryl/α,β-unsaturated/α-hetero) is 1. The zero-order valence-corrected chi connectivity index (χ0v) is 31.4. The van der Waals surface area contributed by atoms with Crippen LogP contribution in [0.3, 0.4) is 0 Å². The molecule has 50 heavy (non-hydrogen) atoms. The number of rotatable bonds is 15. The molecule has 10 heteroatoms.